The maximum Gasteiger partial charge on any atom is 0.311 e. The van der Waals surface area contributed by atoms with E-state index in [0.717, 1.165) is 25.7 Å². The monoisotopic (exact) mass is 254 g/mol. The maximum atomic E-state index is 12.2. The van der Waals surface area contributed by atoms with Gasteiger partial charge in [0.25, 0.3) is 0 Å². The molecule has 1 heterocycles. The van der Waals surface area contributed by atoms with Gasteiger partial charge >= 0.3 is 5.97 Å². The van der Waals surface area contributed by atoms with Crippen LogP contribution in [-0.4, -0.2) is 40.5 Å². The number of aliphatic carboxylic acids is 1. The zero-order valence-electron chi connectivity index (χ0n) is 10.9. The Balaban J connectivity index is 1.93. The molecule has 5 nitrogen and oxygen atoms in total. The number of likely N-dealkylation sites (tertiary alicyclic amines) is 1. The third-order valence-corrected chi connectivity index (χ3v) is 4.44. The topological polar surface area (TPSA) is 83.6 Å². The SMILES string of the molecule is CC1(C(=O)O)CCN(C(=O)CC2(N)CCCC2)C1. The Bertz CT molecular complexity index is 363. The van der Waals surface area contributed by atoms with E-state index < -0.39 is 11.4 Å². The number of nitrogens with zero attached hydrogens (tertiary/aromatic N) is 1. The molecule has 1 saturated carbocycles. The molecule has 0 bridgehead atoms. The minimum absolute atomic E-state index is 0.0179. The van der Waals surface area contributed by atoms with Gasteiger partial charge in [-0.15, -0.1) is 0 Å². The first-order valence-electron chi connectivity index (χ1n) is 6.65. The Hall–Kier alpha value is -1.10. The highest BCUT2D eigenvalue weighted by Crippen LogP contribution is 2.34. The molecule has 0 aromatic rings. The summed E-state index contributed by atoms with van der Waals surface area (Å²) in [6.07, 6.45) is 4.90. The minimum atomic E-state index is -0.818. The first-order chi connectivity index (χ1) is 8.35. The lowest BCUT2D eigenvalue weighted by molar-refractivity contribution is -0.147. The number of nitrogens with two attached hydrogens (primary N) is 1. The van der Waals surface area contributed by atoms with Crippen LogP contribution in [0, 0.1) is 5.41 Å². The van der Waals surface area contributed by atoms with E-state index in [4.69, 9.17) is 10.8 Å². The van der Waals surface area contributed by atoms with Crippen molar-refractivity contribution in [2.75, 3.05) is 13.1 Å². The van der Waals surface area contributed by atoms with E-state index in [-0.39, 0.29) is 11.4 Å². The molecule has 5 heteroatoms. The van der Waals surface area contributed by atoms with Crippen LogP contribution in [0.5, 0.6) is 0 Å². The fourth-order valence-corrected chi connectivity index (χ4v) is 3.02. The van der Waals surface area contributed by atoms with E-state index in [0.29, 0.717) is 25.9 Å². The van der Waals surface area contributed by atoms with Crippen molar-refractivity contribution in [3.63, 3.8) is 0 Å². The molecule has 2 fully saturated rings. The minimum Gasteiger partial charge on any atom is -0.481 e. The van der Waals surface area contributed by atoms with Crippen LogP contribution in [0.1, 0.15) is 45.4 Å². The van der Waals surface area contributed by atoms with Gasteiger partial charge in [0.15, 0.2) is 0 Å². The standard InChI is InChI=1S/C13H22N2O3/c1-12(11(17)18)6-7-15(9-12)10(16)8-13(14)4-2-3-5-13/h2-9,14H2,1H3,(H,17,18). The first kappa shape index (κ1) is 13.3. The van der Waals surface area contributed by atoms with Gasteiger partial charge in [0.2, 0.25) is 5.91 Å². The molecule has 1 atom stereocenters. The molecule has 1 amide bonds. The zero-order valence-corrected chi connectivity index (χ0v) is 10.9. The predicted octanol–water partition coefficient (Wildman–Crippen LogP) is 0.971. The third-order valence-electron chi connectivity index (χ3n) is 4.44. The normalized spacial score (nSPS) is 30.7. The Morgan fingerprint density at radius 1 is 1.28 bits per heavy atom. The second-order valence-corrected chi connectivity index (χ2v) is 6.18. The second-order valence-electron chi connectivity index (χ2n) is 6.18. The lowest BCUT2D eigenvalue weighted by atomic mass is 9.90. The van der Waals surface area contributed by atoms with Crippen molar-refractivity contribution in [2.24, 2.45) is 11.1 Å². The Kier molecular flexibility index (Phi) is 3.36. The van der Waals surface area contributed by atoms with Crippen LogP contribution < -0.4 is 5.73 Å². The molecule has 0 radical (unpaired) electrons. The molecular weight excluding hydrogens is 232 g/mol. The Morgan fingerprint density at radius 3 is 2.39 bits per heavy atom. The summed E-state index contributed by atoms with van der Waals surface area (Å²) in [7, 11) is 0. The third kappa shape index (κ3) is 2.51. The highest BCUT2D eigenvalue weighted by Gasteiger charge is 2.43. The summed E-state index contributed by atoms with van der Waals surface area (Å²) in [5.41, 5.74) is 5.06. The van der Waals surface area contributed by atoms with E-state index in [1.54, 1.807) is 11.8 Å². The van der Waals surface area contributed by atoms with E-state index in [1.165, 1.54) is 0 Å². The Morgan fingerprint density at radius 2 is 1.89 bits per heavy atom. The number of carbonyl (C=O) groups excluding carboxylic acids is 1. The summed E-state index contributed by atoms with van der Waals surface area (Å²) in [6.45, 7) is 2.56. The number of amides is 1. The Labute approximate surface area is 107 Å². The predicted molar refractivity (Wildman–Crippen MR) is 66.9 cm³/mol. The van der Waals surface area contributed by atoms with Crippen molar-refractivity contribution >= 4 is 11.9 Å². The fourth-order valence-electron chi connectivity index (χ4n) is 3.02. The van der Waals surface area contributed by atoms with Crippen molar-refractivity contribution < 1.29 is 14.7 Å². The van der Waals surface area contributed by atoms with Crippen molar-refractivity contribution in [2.45, 2.75) is 51.0 Å². The van der Waals surface area contributed by atoms with Gasteiger partial charge in [-0.3, -0.25) is 9.59 Å². The summed E-state index contributed by atoms with van der Waals surface area (Å²) >= 11 is 0. The fraction of sp³-hybridized carbons (Fsp3) is 0.846. The van der Waals surface area contributed by atoms with Crippen molar-refractivity contribution in [1.82, 2.24) is 4.90 Å². The van der Waals surface area contributed by atoms with Crippen LogP contribution in [-0.2, 0) is 9.59 Å². The molecular formula is C13H22N2O3. The van der Waals surface area contributed by atoms with Crippen LogP contribution >= 0.6 is 0 Å². The van der Waals surface area contributed by atoms with E-state index in [2.05, 4.69) is 0 Å². The van der Waals surface area contributed by atoms with Crippen LogP contribution in [0.3, 0.4) is 0 Å². The largest absolute Gasteiger partial charge is 0.481 e. The van der Waals surface area contributed by atoms with Crippen LogP contribution in [0.2, 0.25) is 0 Å². The molecule has 0 aromatic heterocycles. The van der Waals surface area contributed by atoms with Gasteiger partial charge in [-0.25, -0.2) is 0 Å². The highest BCUT2D eigenvalue weighted by atomic mass is 16.4. The first-order valence-corrected chi connectivity index (χ1v) is 6.65. The number of carboxylic acid groups (broad SMARTS) is 1. The number of carbonyl (C=O) groups is 2. The van der Waals surface area contributed by atoms with Gasteiger partial charge in [0.05, 0.1) is 5.41 Å². The smallest absolute Gasteiger partial charge is 0.311 e. The van der Waals surface area contributed by atoms with Gasteiger partial charge < -0.3 is 15.7 Å². The molecule has 0 spiro atoms. The lowest BCUT2D eigenvalue weighted by Gasteiger charge is -2.27. The molecule has 1 aliphatic carbocycles. The molecule has 1 aliphatic heterocycles. The average molecular weight is 254 g/mol. The molecule has 0 aromatic carbocycles. The average Bonchev–Trinajstić information content (AvgIpc) is 2.86. The summed E-state index contributed by atoms with van der Waals surface area (Å²) in [5, 5.41) is 9.14. The van der Waals surface area contributed by atoms with E-state index >= 15 is 0 Å². The van der Waals surface area contributed by atoms with Crippen LogP contribution in [0.4, 0.5) is 0 Å². The maximum absolute atomic E-state index is 12.2. The van der Waals surface area contributed by atoms with E-state index in [1.807, 2.05) is 0 Å². The summed E-state index contributed by atoms with van der Waals surface area (Å²) < 4.78 is 0. The summed E-state index contributed by atoms with van der Waals surface area (Å²) in [5.74, 6) is -0.800. The highest BCUT2D eigenvalue weighted by molar-refractivity contribution is 5.81. The van der Waals surface area contributed by atoms with Crippen molar-refractivity contribution in [3.05, 3.63) is 0 Å². The van der Waals surface area contributed by atoms with Crippen molar-refractivity contribution in [1.29, 1.82) is 0 Å². The van der Waals surface area contributed by atoms with Gasteiger partial charge in [-0.05, 0) is 26.2 Å². The summed E-state index contributed by atoms with van der Waals surface area (Å²) in [6, 6.07) is 0. The molecule has 3 N–H and O–H groups in total. The quantitative estimate of drug-likeness (QED) is 0.786. The van der Waals surface area contributed by atoms with Crippen LogP contribution in [0.25, 0.3) is 0 Å². The zero-order chi connectivity index (χ0) is 13.4. The van der Waals surface area contributed by atoms with Gasteiger partial charge in [0.1, 0.15) is 0 Å². The second kappa shape index (κ2) is 4.53. The summed E-state index contributed by atoms with van der Waals surface area (Å²) in [4.78, 5) is 25.0. The number of rotatable bonds is 3. The van der Waals surface area contributed by atoms with Gasteiger partial charge in [-0.1, -0.05) is 12.8 Å². The van der Waals surface area contributed by atoms with Gasteiger partial charge in [-0.2, -0.15) is 0 Å². The molecule has 2 rings (SSSR count). The molecule has 1 unspecified atom stereocenters. The lowest BCUT2D eigenvalue weighted by Crippen LogP contribution is -2.44. The van der Waals surface area contributed by atoms with E-state index in [9.17, 15) is 9.59 Å². The molecule has 2 aliphatic rings. The number of carboxylic acids is 1. The van der Waals surface area contributed by atoms with Crippen molar-refractivity contribution in [3.8, 4) is 0 Å². The number of hydrogen-bond acceptors (Lipinski definition) is 3. The molecule has 1 saturated heterocycles. The molecule has 18 heavy (non-hydrogen) atoms. The molecule has 102 valence electrons. The van der Waals surface area contributed by atoms with Crippen LogP contribution in [0.15, 0.2) is 0 Å². The van der Waals surface area contributed by atoms with Gasteiger partial charge in [0, 0.05) is 25.0 Å². The number of hydrogen-bond donors (Lipinski definition) is 2.